The number of hydrogen-bond acceptors (Lipinski definition) is 6. The van der Waals surface area contributed by atoms with Crippen LogP contribution in [0.3, 0.4) is 0 Å². The van der Waals surface area contributed by atoms with Crippen molar-refractivity contribution in [1.82, 2.24) is 15.3 Å². The first kappa shape index (κ1) is 19.4. The van der Waals surface area contributed by atoms with Crippen LogP contribution in [0.2, 0.25) is 0 Å². The van der Waals surface area contributed by atoms with Gasteiger partial charge in [0.15, 0.2) is 10.9 Å². The molecule has 1 aliphatic carbocycles. The van der Waals surface area contributed by atoms with E-state index in [1.807, 2.05) is 35.7 Å². The van der Waals surface area contributed by atoms with Crippen LogP contribution in [-0.4, -0.2) is 21.8 Å². The zero-order chi connectivity index (χ0) is 21.4. The third-order valence-corrected chi connectivity index (χ3v) is 5.88. The number of thiazole rings is 1. The number of para-hydroxylation sites is 1. The fourth-order valence-electron chi connectivity index (χ4n) is 3.40. The van der Waals surface area contributed by atoms with Crippen LogP contribution in [-0.2, 0) is 11.3 Å². The maximum absolute atomic E-state index is 13.1. The Balaban J connectivity index is 1.36. The minimum absolute atomic E-state index is 0.120. The summed E-state index contributed by atoms with van der Waals surface area (Å²) < 4.78 is 5.74. The number of hydrogen-bond donors (Lipinski definition) is 2. The number of nitrogens with one attached hydrogen (secondary N) is 2. The van der Waals surface area contributed by atoms with Gasteiger partial charge in [0, 0.05) is 29.3 Å². The molecule has 0 unspecified atom stereocenters. The quantitative estimate of drug-likeness (QED) is 0.460. The summed E-state index contributed by atoms with van der Waals surface area (Å²) in [4.78, 5) is 33.4. The summed E-state index contributed by atoms with van der Waals surface area (Å²) in [6.07, 6.45) is 2.24. The Labute approximate surface area is 182 Å². The molecular weight excluding hydrogens is 412 g/mol. The first-order valence-electron chi connectivity index (χ1n) is 10.1. The molecular formula is C23H20N4O3S. The fraction of sp³-hybridized carbons (Fsp3) is 0.217. The summed E-state index contributed by atoms with van der Waals surface area (Å²) in [6.45, 7) is 1.78. The van der Waals surface area contributed by atoms with E-state index in [0.717, 1.165) is 29.4 Å². The second kappa shape index (κ2) is 7.96. The van der Waals surface area contributed by atoms with Gasteiger partial charge in [-0.2, -0.15) is 0 Å². The molecule has 0 aliphatic heterocycles. The van der Waals surface area contributed by atoms with E-state index >= 15 is 0 Å². The Bertz CT molecular complexity index is 1290. The second-order valence-corrected chi connectivity index (χ2v) is 8.41. The molecule has 7 nitrogen and oxygen atoms in total. The van der Waals surface area contributed by atoms with E-state index in [4.69, 9.17) is 9.40 Å². The van der Waals surface area contributed by atoms with Gasteiger partial charge in [-0.05, 0) is 37.1 Å². The molecule has 1 aliphatic rings. The van der Waals surface area contributed by atoms with E-state index in [1.165, 1.54) is 18.3 Å². The van der Waals surface area contributed by atoms with E-state index in [1.54, 1.807) is 12.1 Å². The Morgan fingerprint density at radius 2 is 2.00 bits per heavy atom. The number of rotatable bonds is 6. The lowest BCUT2D eigenvalue weighted by molar-refractivity contribution is -0.119. The predicted octanol–water partition coefficient (Wildman–Crippen LogP) is 4.72. The van der Waals surface area contributed by atoms with E-state index in [9.17, 15) is 9.59 Å². The van der Waals surface area contributed by atoms with Crippen molar-refractivity contribution in [2.24, 2.45) is 0 Å². The van der Waals surface area contributed by atoms with Crippen molar-refractivity contribution in [2.75, 3.05) is 5.32 Å². The predicted molar refractivity (Wildman–Crippen MR) is 119 cm³/mol. The smallest absolute Gasteiger partial charge is 0.258 e. The van der Waals surface area contributed by atoms with Crippen molar-refractivity contribution >= 4 is 39.2 Å². The Kier molecular flexibility index (Phi) is 4.99. The van der Waals surface area contributed by atoms with E-state index < -0.39 is 0 Å². The SMILES string of the molecule is CC(=O)NCc1ccc(-c2csc(NC(=O)c3cc(C4CC4)nc4ccccc34)n2)o1. The summed E-state index contributed by atoms with van der Waals surface area (Å²) in [7, 11) is 0. The molecule has 0 spiro atoms. The normalized spacial score (nSPS) is 13.3. The molecule has 1 aromatic carbocycles. The lowest BCUT2D eigenvalue weighted by Gasteiger charge is -2.09. The highest BCUT2D eigenvalue weighted by molar-refractivity contribution is 7.14. The number of fused-ring (bicyclic) bond motifs is 1. The number of aromatic nitrogens is 2. The molecule has 8 heteroatoms. The molecule has 1 saturated carbocycles. The molecule has 0 radical (unpaired) electrons. The highest BCUT2D eigenvalue weighted by atomic mass is 32.1. The van der Waals surface area contributed by atoms with Crippen molar-refractivity contribution in [1.29, 1.82) is 0 Å². The van der Waals surface area contributed by atoms with Gasteiger partial charge in [-0.25, -0.2) is 4.98 Å². The standard InChI is InChI=1S/C23H20N4O3S/c1-13(28)24-11-15-8-9-21(30-15)20-12-31-23(26-20)27-22(29)17-10-19(14-6-7-14)25-18-5-3-2-4-16(17)18/h2-5,8-10,12,14H,6-7,11H2,1H3,(H,24,28)(H,26,27,29). The summed E-state index contributed by atoms with van der Waals surface area (Å²) in [5, 5.41) is 8.76. The number of nitrogens with zero attached hydrogens (tertiary/aromatic N) is 2. The molecule has 3 heterocycles. The number of carbonyl (C=O) groups is 2. The molecule has 0 saturated heterocycles. The lowest BCUT2D eigenvalue weighted by Crippen LogP contribution is -2.18. The van der Waals surface area contributed by atoms with Gasteiger partial charge in [0.25, 0.3) is 5.91 Å². The fourth-order valence-corrected chi connectivity index (χ4v) is 4.10. The summed E-state index contributed by atoms with van der Waals surface area (Å²) in [6, 6.07) is 13.2. The molecule has 2 N–H and O–H groups in total. The van der Waals surface area contributed by atoms with Crippen LogP contribution in [0.15, 0.2) is 52.3 Å². The largest absolute Gasteiger partial charge is 0.458 e. The van der Waals surface area contributed by atoms with Gasteiger partial charge in [0.2, 0.25) is 5.91 Å². The monoisotopic (exact) mass is 432 g/mol. The van der Waals surface area contributed by atoms with E-state index in [2.05, 4.69) is 15.6 Å². The van der Waals surface area contributed by atoms with Crippen LogP contribution < -0.4 is 10.6 Å². The Morgan fingerprint density at radius 1 is 1.16 bits per heavy atom. The molecule has 0 atom stereocenters. The first-order chi connectivity index (χ1) is 15.1. The van der Waals surface area contributed by atoms with Gasteiger partial charge >= 0.3 is 0 Å². The van der Waals surface area contributed by atoms with Gasteiger partial charge in [0.1, 0.15) is 11.5 Å². The average Bonchev–Trinajstić information content (AvgIpc) is 3.33. The van der Waals surface area contributed by atoms with Gasteiger partial charge < -0.3 is 9.73 Å². The van der Waals surface area contributed by atoms with Crippen molar-refractivity contribution < 1.29 is 14.0 Å². The average molecular weight is 433 g/mol. The molecule has 31 heavy (non-hydrogen) atoms. The molecule has 5 rings (SSSR count). The maximum atomic E-state index is 13.1. The number of furan rings is 1. The third-order valence-electron chi connectivity index (χ3n) is 5.13. The summed E-state index contributed by atoms with van der Waals surface area (Å²) in [5.74, 6) is 1.35. The molecule has 156 valence electrons. The van der Waals surface area contributed by atoms with Crippen molar-refractivity contribution in [3.8, 4) is 11.5 Å². The number of benzene rings is 1. The number of pyridine rings is 1. The molecule has 2 amide bonds. The lowest BCUT2D eigenvalue weighted by atomic mass is 10.1. The zero-order valence-electron chi connectivity index (χ0n) is 16.8. The van der Waals surface area contributed by atoms with Gasteiger partial charge in [0.05, 0.1) is 17.6 Å². The van der Waals surface area contributed by atoms with Crippen LogP contribution >= 0.6 is 11.3 Å². The topological polar surface area (TPSA) is 97.1 Å². The number of amides is 2. The highest BCUT2D eigenvalue weighted by Crippen LogP contribution is 2.40. The Hall–Kier alpha value is -3.52. The molecule has 4 aromatic rings. The molecule has 3 aromatic heterocycles. The number of carbonyl (C=O) groups excluding carboxylic acids is 2. The van der Waals surface area contributed by atoms with Crippen LogP contribution in [0.25, 0.3) is 22.4 Å². The first-order valence-corrected chi connectivity index (χ1v) is 10.9. The van der Waals surface area contributed by atoms with Crippen molar-refractivity contribution in [3.63, 3.8) is 0 Å². The maximum Gasteiger partial charge on any atom is 0.258 e. The molecule has 1 fully saturated rings. The third kappa shape index (κ3) is 4.20. The minimum Gasteiger partial charge on any atom is -0.458 e. The summed E-state index contributed by atoms with van der Waals surface area (Å²) >= 11 is 1.33. The van der Waals surface area contributed by atoms with Crippen LogP contribution in [0.4, 0.5) is 5.13 Å². The number of anilines is 1. The van der Waals surface area contributed by atoms with Crippen molar-refractivity contribution in [2.45, 2.75) is 32.2 Å². The van der Waals surface area contributed by atoms with Gasteiger partial charge in [-0.1, -0.05) is 18.2 Å². The van der Waals surface area contributed by atoms with Crippen LogP contribution in [0, 0.1) is 0 Å². The minimum atomic E-state index is -0.202. The summed E-state index contributed by atoms with van der Waals surface area (Å²) in [5.41, 5.74) is 3.05. The van der Waals surface area contributed by atoms with Gasteiger partial charge in [-0.15, -0.1) is 11.3 Å². The molecule has 0 bridgehead atoms. The highest BCUT2D eigenvalue weighted by Gasteiger charge is 2.27. The van der Waals surface area contributed by atoms with Gasteiger partial charge in [-0.3, -0.25) is 19.9 Å². The second-order valence-electron chi connectivity index (χ2n) is 7.55. The van der Waals surface area contributed by atoms with Crippen LogP contribution in [0.1, 0.15) is 47.5 Å². The van der Waals surface area contributed by atoms with Crippen LogP contribution in [0.5, 0.6) is 0 Å². The van der Waals surface area contributed by atoms with E-state index in [0.29, 0.717) is 40.4 Å². The zero-order valence-corrected chi connectivity index (χ0v) is 17.7. The van der Waals surface area contributed by atoms with Crippen molar-refractivity contribution in [3.05, 3.63) is 64.9 Å². The Morgan fingerprint density at radius 3 is 2.81 bits per heavy atom. The van der Waals surface area contributed by atoms with E-state index in [-0.39, 0.29) is 11.8 Å².